The standard InChI is InChI=1S/C15H20N4O/c1-11-4-6-18(7-5-11)15(20)13-10-19-9-12(8-16)2-3-14(19)17-13/h2-3,9-11H,4-8,16H2,1H3. The fraction of sp³-hybridized carbons (Fsp3) is 0.467. The summed E-state index contributed by atoms with van der Waals surface area (Å²) in [6.07, 6.45) is 5.89. The first kappa shape index (κ1) is 13.1. The van der Waals surface area contributed by atoms with Crippen LogP contribution in [-0.4, -0.2) is 33.3 Å². The molecule has 5 heteroatoms. The highest BCUT2D eigenvalue weighted by Gasteiger charge is 2.23. The summed E-state index contributed by atoms with van der Waals surface area (Å²) in [6, 6.07) is 3.84. The Morgan fingerprint density at radius 1 is 1.35 bits per heavy atom. The lowest BCUT2D eigenvalue weighted by Crippen LogP contribution is -2.38. The second kappa shape index (κ2) is 5.25. The van der Waals surface area contributed by atoms with E-state index < -0.39 is 0 Å². The molecular weight excluding hydrogens is 252 g/mol. The predicted octanol–water partition coefficient (Wildman–Crippen LogP) is 1.67. The van der Waals surface area contributed by atoms with Crippen molar-refractivity contribution in [3.05, 3.63) is 35.8 Å². The van der Waals surface area contributed by atoms with E-state index in [4.69, 9.17) is 5.73 Å². The zero-order chi connectivity index (χ0) is 14.1. The first-order valence-corrected chi connectivity index (χ1v) is 7.14. The van der Waals surface area contributed by atoms with Gasteiger partial charge in [-0.15, -0.1) is 0 Å². The van der Waals surface area contributed by atoms with E-state index in [1.807, 2.05) is 27.6 Å². The van der Waals surface area contributed by atoms with Gasteiger partial charge in [0.2, 0.25) is 0 Å². The van der Waals surface area contributed by atoms with Crippen LogP contribution in [0.25, 0.3) is 5.65 Å². The van der Waals surface area contributed by atoms with Crippen LogP contribution in [0.4, 0.5) is 0 Å². The van der Waals surface area contributed by atoms with E-state index >= 15 is 0 Å². The molecule has 0 radical (unpaired) electrons. The number of rotatable bonds is 2. The highest BCUT2D eigenvalue weighted by atomic mass is 16.2. The monoisotopic (exact) mass is 272 g/mol. The Labute approximate surface area is 118 Å². The van der Waals surface area contributed by atoms with Gasteiger partial charge in [-0.25, -0.2) is 4.98 Å². The third kappa shape index (κ3) is 2.41. The summed E-state index contributed by atoms with van der Waals surface area (Å²) in [5.41, 5.74) is 7.97. The molecule has 2 aromatic rings. The van der Waals surface area contributed by atoms with E-state index in [1.54, 1.807) is 6.20 Å². The van der Waals surface area contributed by atoms with E-state index in [0.29, 0.717) is 18.2 Å². The summed E-state index contributed by atoms with van der Waals surface area (Å²) >= 11 is 0. The summed E-state index contributed by atoms with van der Waals surface area (Å²) in [4.78, 5) is 18.8. The van der Waals surface area contributed by atoms with E-state index in [-0.39, 0.29) is 5.91 Å². The number of aromatic nitrogens is 2. The first-order chi connectivity index (χ1) is 9.67. The smallest absolute Gasteiger partial charge is 0.274 e. The van der Waals surface area contributed by atoms with E-state index in [0.717, 1.165) is 37.1 Å². The van der Waals surface area contributed by atoms with Gasteiger partial charge >= 0.3 is 0 Å². The van der Waals surface area contributed by atoms with Crippen LogP contribution in [0.2, 0.25) is 0 Å². The number of nitrogens with zero attached hydrogens (tertiary/aromatic N) is 3. The van der Waals surface area contributed by atoms with Gasteiger partial charge in [0.1, 0.15) is 11.3 Å². The Kier molecular flexibility index (Phi) is 3.44. The highest BCUT2D eigenvalue weighted by Crippen LogP contribution is 2.18. The van der Waals surface area contributed by atoms with Gasteiger partial charge in [-0.3, -0.25) is 4.79 Å². The third-order valence-electron chi connectivity index (χ3n) is 4.04. The van der Waals surface area contributed by atoms with Crippen molar-refractivity contribution < 1.29 is 4.79 Å². The van der Waals surface area contributed by atoms with Gasteiger partial charge < -0.3 is 15.0 Å². The topological polar surface area (TPSA) is 63.6 Å². The Morgan fingerprint density at radius 2 is 2.10 bits per heavy atom. The highest BCUT2D eigenvalue weighted by molar-refractivity contribution is 5.93. The lowest BCUT2D eigenvalue weighted by molar-refractivity contribution is 0.0692. The van der Waals surface area contributed by atoms with E-state index in [9.17, 15) is 4.79 Å². The molecule has 0 aromatic carbocycles. The summed E-state index contributed by atoms with van der Waals surface area (Å²) < 4.78 is 1.88. The Bertz CT molecular complexity index is 626. The number of nitrogens with two attached hydrogens (primary N) is 1. The minimum Gasteiger partial charge on any atom is -0.337 e. The second-order valence-electron chi connectivity index (χ2n) is 5.61. The maximum absolute atomic E-state index is 12.5. The molecule has 1 fully saturated rings. The second-order valence-corrected chi connectivity index (χ2v) is 5.61. The number of likely N-dealkylation sites (tertiary alicyclic amines) is 1. The molecule has 1 aliphatic heterocycles. The molecule has 0 unspecified atom stereocenters. The van der Waals surface area contributed by atoms with Crippen molar-refractivity contribution in [1.29, 1.82) is 0 Å². The van der Waals surface area contributed by atoms with Gasteiger partial charge in [0.15, 0.2) is 0 Å². The van der Waals surface area contributed by atoms with Crippen molar-refractivity contribution in [3.8, 4) is 0 Å². The number of piperidine rings is 1. The van der Waals surface area contributed by atoms with Gasteiger partial charge in [-0.05, 0) is 30.4 Å². The molecule has 0 bridgehead atoms. The Hall–Kier alpha value is -1.88. The van der Waals surface area contributed by atoms with Crippen LogP contribution in [0.15, 0.2) is 24.5 Å². The summed E-state index contributed by atoms with van der Waals surface area (Å²) in [6.45, 7) is 4.40. The van der Waals surface area contributed by atoms with E-state index in [2.05, 4.69) is 11.9 Å². The van der Waals surface area contributed by atoms with Crippen LogP contribution in [0.3, 0.4) is 0 Å². The number of carbonyl (C=O) groups excluding carboxylic acids is 1. The molecule has 2 N–H and O–H groups in total. The molecule has 1 saturated heterocycles. The average molecular weight is 272 g/mol. The Balaban J connectivity index is 1.84. The van der Waals surface area contributed by atoms with Crippen molar-refractivity contribution in [3.63, 3.8) is 0 Å². The fourth-order valence-corrected chi connectivity index (χ4v) is 2.64. The fourth-order valence-electron chi connectivity index (χ4n) is 2.64. The molecule has 0 aliphatic carbocycles. The molecule has 3 rings (SSSR count). The molecule has 3 heterocycles. The van der Waals surface area contributed by atoms with Crippen molar-refractivity contribution >= 4 is 11.6 Å². The summed E-state index contributed by atoms with van der Waals surface area (Å²) in [5, 5.41) is 0. The summed E-state index contributed by atoms with van der Waals surface area (Å²) in [7, 11) is 0. The van der Waals surface area contributed by atoms with Crippen molar-refractivity contribution in [2.75, 3.05) is 13.1 Å². The lowest BCUT2D eigenvalue weighted by atomic mass is 9.99. The molecule has 0 spiro atoms. The maximum atomic E-state index is 12.5. The van der Waals surface area contributed by atoms with Crippen LogP contribution < -0.4 is 5.73 Å². The molecule has 1 amide bonds. The van der Waals surface area contributed by atoms with Gasteiger partial charge in [0, 0.05) is 32.0 Å². The minimum absolute atomic E-state index is 0.0369. The number of carbonyl (C=O) groups is 1. The number of pyridine rings is 1. The van der Waals surface area contributed by atoms with E-state index in [1.165, 1.54) is 0 Å². The molecule has 106 valence electrons. The largest absolute Gasteiger partial charge is 0.337 e. The average Bonchev–Trinajstić information content (AvgIpc) is 2.90. The molecule has 2 aromatic heterocycles. The van der Waals surface area contributed by atoms with Gasteiger partial charge in [-0.2, -0.15) is 0 Å². The van der Waals surface area contributed by atoms with Gasteiger partial charge in [0.25, 0.3) is 5.91 Å². The molecule has 1 aliphatic rings. The number of hydrogen-bond donors (Lipinski definition) is 1. The van der Waals surface area contributed by atoms with Crippen LogP contribution in [0, 0.1) is 5.92 Å². The van der Waals surface area contributed by atoms with Crippen LogP contribution in [0.1, 0.15) is 35.8 Å². The zero-order valence-corrected chi connectivity index (χ0v) is 11.7. The van der Waals surface area contributed by atoms with Gasteiger partial charge in [-0.1, -0.05) is 13.0 Å². The maximum Gasteiger partial charge on any atom is 0.274 e. The quantitative estimate of drug-likeness (QED) is 0.904. The predicted molar refractivity (Wildman–Crippen MR) is 77.4 cm³/mol. The molecule has 20 heavy (non-hydrogen) atoms. The zero-order valence-electron chi connectivity index (χ0n) is 11.7. The SMILES string of the molecule is CC1CCN(C(=O)c2cn3cc(CN)ccc3n2)CC1. The van der Waals surface area contributed by atoms with Crippen molar-refractivity contribution in [2.24, 2.45) is 11.7 Å². The van der Waals surface area contributed by atoms with Crippen LogP contribution >= 0.6 is 0 Å². The van der Waals surface area contributed by atoms with Crippen molar-refractivity contribution in [1.82, 2.24) is 14.3 Å². The first-order valence-electron chi connectivity index (χ1n) is 7.14. The van der Waals surface area contributed by atoms with Crippen LogP contribution in [0.5, 0.6) is 0 Å². The molecule has 0 atom stereocenters. The third-order valence-corrected chi connectivity index (χ3v) is 4.04. The number of imidazole rings is 1. The Morgan fingerprint density at radius 3 is 2.80 bits per heavy atom. The molecule has 0 saturated carbocycles. The molecule has 5 nitrogen and oxygen atoms in total. The molecular formula is C15H20N4O. The number of amides is 1. The minimum atomic E-state index is 0.0369. The normalized spacial score (nSPS) is 16.8. The number of hydrogen-bond acceptors (Lipinski definition) is 3. The summed E-state index contributed by atoms with van der Waals surface area (Å²) in [5.74, 6) is 0.752. The van der Waals surface area contributed by atoms with Crippen molar-refractivity contribution in [2.45, 2.75) is 26.3 Å². The lowest BCUT2D eigenvalue weighted by Gasteiger charge is -2.29. The van der Waals surface area contributed by atoms with Gasteiger partial charge in [0.05, 0.1) is 0 Å². The van der Waals surface area contributed by atoms with Crippen LogP contribution in [-0.2, 0) is 6.54 Å². The number of fused-ring (bicyclic) bond motifs is 1.